The first-order chi connectivity index (χ1) is 15.3. The van der Waals surface area contributed by atoms with Gasteiger partial charge in [-0.2, -0.15) is 5.10 Å². The molecule has 2 aliphatic rings. The number of hydrogen-bond donors (Lipinski definition) is 1. The van der Waals surface area contributed by atoms with Crippen molar-refractivity contribution in [1.29, 1.82) is 0 Å². The molecule has 0 spiro atoms. The molecule has 9 heteroatoms. The van der Waals surface area contributed by atoms with Gasteiger partial charge in [0.2, 0.25) is 0 Å². The van der Waals surface area contributed by atoms with Crippen molar-refractivity contribution in [2.45, 2.75) is 38.1 Å². The lowest BCUT2D eigenvalue weighted by Crippen LogP contribution is -2.38. The Morgan fingerprint density at radius 1 is 1.19 bits per heavy atom. The van der Waals surface area contributed by atoms with Crippen LogP contribution in [0.15, 0.2) is 30.9 Å². The van der Waals surface area contributed by atoms with Gasteiger partial charge in [-0.15, -0.1) is 0 Å². The van der Waals surface area contributed by atoms with Gasteiger partial charge in [-0.3, -0.25) is 23.8 Å². The van der Waals surface area contributed by atoms with Gasteiger partial charge in [-0.25, -0.2) is 4.98 Å². The molecule has 1 amide bonds. The number of fused-ring (bicyclic) bond motifs is 1. The second-order valence-electron chi connectivity index (χ2n) is 8.28. The number of carbonyl (C=O) groups excluding carboxylic acids is 1. The molecule has 31 heavy (non-hydrogen) atoms. The summed E-state index contributed by atoms with van der Waals surface area (Å²) in [4.78, 5) is 24.3. The Morgan fingerprint density at radius 2 is 2.03 bits per heavy atom. The Balaban J connectivity index is 1.33. The third kappa shape index (κ3) is 4.20. The van der Waals surface area contributed by atoms with Gasteiger partial charge in [-0.05, 0) is 31.9 Å². The predicted octanol–water partition coefficient (Wildman–Crippen LogP) is 2.16. The van der Waals surface area contributed by atoms with E-state index in [1.54, 1.807) is 12.4 Å². The molecule has 2 fully saturated rings. The third-order valence-electron chi connectivity index (χ3n) is 6.27. The van der Waals surface area contributed by atoms with E-state index >= 15 is 0 Å². The van der Waals surface area contributed by atoms with Gasteiger partial charge in [0.05, 0.1) is 31.0 Å². The molecule has 1 aliphatic carbocycles. The van der Waals surface area contributed by atoms with E-state index in [1.807, 2.05) is 22.9 Å². The van der Waals surface area contributed by atoms with Crippen molar-refractivity contribution >= 4 is 11.4 Å². The van der Waals surface area contributed by atoms with E-state index in [9.17, 15) is 4.79 Å². The number of amides is 1. The average molecular weight is 424 g/mol. The van der Waals surface area contributed by atoms with Crippen LogP contribution in [0.25, 0.3) is 17.0 Å². The Labute approximate surface area is 181 Å². The summed E-state index contributed by atoms with van der Waals surface area (Å²) in [6, 6.07) is 2.38. The highest BCUT2D eigenvalue weighted by Gasteiger charge is 2.25. The summed E-state index contributed by atoms with van der Waals surface area (Å²) in [7, 11) is 0. The van der Waals surface area contributed by atoms with E-state index in [1.165, 1.54) is 12.8 Å². The van der Waals surface area contributed by atoms with Crippen LogP contribution in [0.2, 0.25) is 0 Å². The molecule has 1 saturated heterocycles. The van der Waals surface area contributed by atoms with E-state index in [0.29, 0.717) is 23.8 Å². The molecule has 0 unspecified atom stereocenters. The molecule has 1 aliphatic heterocycles. The van der Waals surface area contributed by atoms with Crippen LogP contribution >= 0.6 is 0 Å². The maximum Gasteiger partial charge on any atom is 0.272 e. The molecule has 164 valence electrons. The van der Waals surface area contributed by atoms with E-state index in [4.69, 9.17) is 9.72 Å². The van der Waals surface area contributed by atoms with Crippen LogP contribution in [0.5, 0.6) is 0 Å². The van der Waals surface area contributed by atoms with Gasteiger partial charge in [0.1, 0.15) is 5.69 Å². The van der Waals surface area contributed by atoms with Crippen molar-refractivity contribution in [3.63, 3.8) is 0 Å². The molecule has 3 aromatic heterocycles. The number of nitrogens with one attached hydrogen (secondary N) is 1. The molecule has 0 atom stereocenters. The lowest BCUT2D eigenvalue weighted by atomic mass is 10.2. The van der Waals surface area contributed by atoms with Gasteiger partial charge in [0.15, 0.2) is 11.5 Å². The van der Waals surface area contributed by atoms with Gasteiger partial charge >= 0.3 is 0 Å². The zero-order chi connectivity index (χ0) is 21.0. The van der Waals surface area contributed by atoms with Crippen LogP contribution in [-0.4, -0.2) is 74.3 Å². The molecule has 0 radical (unpaired) electrons. The first-order valence-electron chi connectivity index (χ1n) is 11.3. The molecule has 1 N–H and O–H groups in total. The summed E-state index contributed by atoms with van der Waals surface area (Å²) in [6.07, 6.45) is 12.7. The van der Waals surface area contributed by atoms with E-state index in [0.717, 1.165) is 63.6 Å². The number of carbonyl (C=O) groups is 1. The molecular weight excluding hydrogens is 394 g/mol. The average Bonchev–Trinajstić information content (AvgIpc) is 3.56. The lowest BCUT2D eigenvalue weighted by Gasteiger charge is -2.26. The summed E-state index contributed by atoms with van der Waals surface area (Å²) >= 11 is 0. The van der Waals surface area contributed by atoms with Gasteiger partial charge in [-0.1, -0.05) is 12.8 Å². The fourth-order valence-electron chi connectivity index (χ4n) is 4.63. The van der Waals surface area contributed by atoms with E-state index in [2.05, 4.69) is 25.0 Å². The Kier molecular flexibility index (Phi) is 5.95. The molecular formula is C22H29N7O2. The molecule has 9 nitrogen and oxygen atoms in total. The highest BCUT2D eigenvalue weighted by molar-refractivity contribution is 5.99. The summed E-state index contributed by atoms with van der Waals surface area (Å²) < 4.78 is 9.40. The molecule has 0 bridgehead atoms. The number of morpholine rings is 1. The predicted molar refractivity (Wildman–Crippen MR) is 116 cm³/mol. The third-order valence-corrected chi connectivity index (χ3v) is 6.27. The molecule has 0 aromatic carbocycles. The maximum atomic E-state index is 13.0. The minimum Gasteiger partial charge on any atom is -0.379 e. The monoisotopic (exact) mass is 423 g/mol. The fraction of sp³-hybridized carbons (Fsp3) is 0.545. The van der Waals surface area contributed by atoms with Crippen LogP contribution in [0.1, 0.15) is 48.6 Å². The molecule has 4 heterocycles. The summed E-state index contributed by atoms with van der Waals surface area (Å²) in [6.45, 7) is 5.08. The normalized spacial score (nSPS) is 18.1. The van der Waals surface area contributed by atoms with E-state index < -0.39 is 0 Å². The second-order valence-corrected chi connectivity index (χ2v) is 8.28. The van der Waals surface area contributed by atoms with Crippen molar-refractivity contribution in [2.75, 3.05) is 39.4 Å². The number of nitrogens with zero attached hydrogens (tertiary/aromatic N) is 6. The van der Waals surface area contributed by atoms with Crippen LogP contribution in [0, 0.1) is 0 Å². The Bertz CT molecular complexity index is 1030. The quantitative estimate of drug-likeness (QED) is 0.586. The lowest BCUT2D eigenvalue weighted by molar-refractivity contribution is 0.0374. The maximum absolute atomic E-state index is 13.0. The number of hydrogen-bond acceptors (Lipinski definition) is 6. The highest BCUT2D eigenvalue weighted by atomic mass is 16.5. The summed E-state index contributed by atoms with van der Waals surface area (Å²) in [5, 5.41) is 7.61. The smallest absolute Gasteiger partial charge is 0.272 e. The number of imidazole rings is 1. The van der Waals surface area contributed by atoms with Crippen LogP contribution in [0.4, 0.5) is 0 Å². The van der Waals surface area contributed by atoms with Crippen LogP contribution in [-0.2, 0) is 4.74 Å². The fourth-order valence-corrected chi connectivity index (χ4v) is 4.63. The van der Waals surface area contributed by atoms with Crippen molar-refractivity contribution in [3.8, 4) is 11.5 Å². The number of aromatic nitrogens is 5. The minimum atomic E-state index is -0.161. The van der Waals surface area contributed by atoms with Crippen molar-refractivity contribution in [2.24, 2.45) is 0 Å². The Hall–Kier alpha value is -2.78. The second kappa shape index (κ2) is 9.15. The van der Waals surface area contributed by atoms with Crippen LogP contribution in [0.3, 0.4) is 0 Å². The molecule has 5 rings (SSSR count). The standard InChI is InChI=1S/C22H29N7O2/c30-22(24-7-3-10-27-12-14-31-15-13-27)20-19-16-23-9-11-28(19)21(26-20)18-6-8-25-29(18)17-4-1-2-5-17/h6,8-9,11,16-17H,1-5,7,10,12-15H2,(H,24,30). The van der Waals surface area contributed by atoms with Crippen molar-refractivity contribution in [3.05, 3.63) is 36.5 Å². The highest BCUT2D eigenvalue weighted by Crippen LogP contribution is 2.33. The minimum absolute atomic E-state index is 0.161. The number of ether oxygens (including phenoxy) is 1. The number of rotatable bonds is 7. The van der Waals surface area contributed by atoms with E-state index in [-0.39, 0.29) is 5.91 Å². The molecule has 3 aromatic rings. The van der Waals surface area contributed by atoms with Crippen molar-refractivity contribution in [1.82, 2.24) is 34.4 Å². The molecule has 1 saturated carbocycles. The first kappa shape index (κ1) is 20.1. The first-order valence-corrected chi connectivity index (χ1v) is 11.3. The largest absolute Gasteiger partial charge is 0.379 e. The van der Waals surface area contributed by atoms with Gasteiger partial charge in [0.25, 0.3) is 5.91 Å². The summed E-state index contributed by atoms with van der Waals surface area (Å²) in [5.41, 5.74) is 2.07. The zero-order valence-corrected chi connectivity index (χ0v) is 17.7. The van der Waals surface area contributed by atoms with Crippen molar-refractivity contribution < 1.29 is 9.53 Å². The van der Waals surface area contributed by atoms with Gasteiger partial charge in [0, 0.05) is 38.2 Å². The summed E-state index contributed by atoms with van der Waals surface area (Å²) in [5.74, 6) is 0.575. The van der Waals surface area contributed by atoms with Crippen LogP contribution < -0.4 is 5.32 Å². The van der Waals surface area contributed by atoms with Gasteiger partial charge < -0.3 is 10.1 Å². The topological polar surface area (TPSA) is 89.6 Å². The Morgan fingerprint density at radius 3 is 2.87 bits per heavy atom. The zero-order valence-electron chi connectivity index (χ0n) is 17.7. The SMILES string of the molecule is O=C(NCCCN1CCOCC1)c1nc(-c2ccnn2C2CCCC2)n2ccncc12.